The lowest BCUT2D eigenvalue weighted by Crippen LogP contribution is -2.29. The number of aliphatic hydroxyl groups is 1. The Morgan fingerprint density at radius 2 is 1.81 bits per heavy atom. The maximum absolute atomic E-state index is 13.3. The predicted octanol–water partition coefficient (Wildman–Crippen LogP) is 4.90. The number of ketones is 1. The Balaban J connectivity index is 1.82. The van der Waals surface area contributed by atoms with Gasteiger partial charge in [-0.25, -0.2) is 0 Å². The maximum Gasteiger partial charge on any atom is 0.295 e. The Morgan fingerprint density at radius 1 is 1.03 bits per heavy atom. The third-order valence-electron chi connectivity index (χ3n) is 6.02. The summed E-state index contributed by atoms with van der Waals surface area (Å²) in [6.07, 6.45) is 4.15. The summed E-state index contributed by atoms with van der Waals surface area (Å²) in [5.41, 5.74) is 1.77. The summed E-state index contributed by atoms with van der Waals surface area (Å²) in [6, 6.07) is 14.8. The van der Waals surface area contributed by atoms with Gasteiger partial charge in [0.1, 0.15) is 11.5 Å². The number of hydrogen-bond acceptors (Lipinski definition) is 7. The van der Waals surface area contributed by atoms with Crippen molar-refractivity contribution < 1.29 is 28.9 Å². The van der Waals surface area contributed by atoms with Crippen LogP contribution in [0, 0.1) is 0 Å². The van der Waals surface area contributed by atoms with Gasteiger partial charge in [0.05, 0.1) is 31.9 Å². The first-order valence-electron chi connectivity index (χ1n) is 12.2. The number of aromatic nitrogens is 1. The molecule has 1 N–H and O–H groups in total. The van der Waals surface area contributed by atoms with E-state index in [1.807, 2.05) is 19.9 Å². The highest BCUT2D eigenvalue weighted by molar-refractivity contribution is 6.46. The topological polar surface area (TPSA) is 98.2 Å². The number of pyridine rings is 1. The van der Waals surface area contributed by atoms with Crippen molar-refractivity contribution in [1.82, 2.24) is 9.88 Å². The molecular formula is C29H30N2O6. The average Bonchev–Trinajstić information content (AvgIpc) is 3.17. The molecule has 37 heavy (non-hydrogen) atoms. The summed E-state index contributed by atoms with van der Waals surface area (Å²) in [5.74, 6) is -0.0590. The SMILES string of the molecule is CCCOc1ccc(/C(O)=C2\C(=O)C(=O)N(Cc3cccnc3)C2c2ccc(OCC)c(OC)c2)cc1. The molecule has 192 valence electrons. The van der Waals surface area contributed by atoms with E-state index in [0.717, 1.165) is 12.0 Å². The van der Waals surface area contributed by atoms with Crippen molar-refractivity contribution in [2.45, 2.75) is 32.9 Å². The van der Waals surface area contributed by atoms with Crippen LogP contribution in [-0.2, 0) is 16.1 Å². The van der Waals surface area contributed by atoms with Gasteiger partial charge in [0, 0.05) is 24.5 Å². The van der Waals surface area contributed by atoms with Gasteiger partial charge in [-0.05, 0) is 66.9 Å². The predicted molar refractivity (Wildman–Crippen MR) is 138 cm³/mol. The van der Waals surface area contributed by atoms with E-state index < -0.39 is 17.7 Å². The first kappa shape index (κ1) is 25.8. The first-order chi connectivity index (χ1) is 18.0. The molecular weight excluding hydrogens is 472 g/mol. The number of aliphatic hydroxyl groups excluding tert-OH is 1. The average molecular weight is 503 g/mol. The van der Waals surface area contributed by atoms with Crippen molar-refractivity contribution in [3.05, 3.63) is 89.3 Å². The van der Waals surface area contributed by atoms with E-state index in [9.17, 15) is 14.7 Å². The van der Waals surface area contributed by atoms with Crippen LogP contribution in [-0.4, -0.2) is 47.0 Å². The minimum atomic E-state index is -0.846. The molecule has 1 aliphatic rings. The fraction of sp³-hybridized carbons (Fsp3) is 0.276. The van der Waals surface area contributed by atoms with Crippen LogP contribution in [0.3, 0.4) is 0 Å². The molecule has 8 nitrogen and oxygen atoms in total. The molecule has 3 aromatic rings. The summed E-state index contributed by atoms with van der Waals surface area (Å²) in [5, 5.41) is 11.3. The van der Waals surface area contributed by atoms with Crippen LogP contribution >= 0.6 is 0 Å². The third-order valence-corrected chi connectivity index (χ3v) is 6.02. The first-order valence-corrected chi connectivity index (χ1v) is 12.2. The lowest BCUT2D eigenvalue weighted by atomic mass is 9.94. The Hall–Kier alpha value is -4.33. The number of rotatable bonds is 10. The number of amides is 1. The molecule has 1 aromatic heterocycles. The van der Waals surface area contributed by atoms with Crippen LogP contribution in [0.15, 0.2) is 72.6 Å². The molecule has 0 aliphatic carbocycles. The van der Waals surface area contributed by atoms with Crippen LogP contribution in [0.2, 0.25) is 0 Å². The van der Waals surface area contributed by atoms with Crippen molar-refractivity contribution in [2.75, 3.05) is 20.3 Å². The standard InChI is InChI=1S/C29H30N2O6/c1-4-15-37-22-11-8-20(9-12-22)27(32)25-26(21-10-13-23(36-5-2)24(16-21)35-3)31(29(34)28(25)33)18-19-7-6-14-30-17-19/h6-14,16-17,26,32H,4-5,15,18H2,1-3H3/b27-25+. The summed E-state index contributed by atoms with van der Waals surface area (Å²) in [6.45, 7) is 5.05. The lowest BCUT2D eigenvalue weighted by Gasteiger charge is -2.26. The highest BCUT2D eigenvalue weighted by Gasteiger charge is 2.46. The van der Waals surface area contributed by atoms with Gasteiger partial charge in [-0.3, -0.25) is 14.6 Å². The van der Waals surface area contributed by atoms with Gasteiger partial charge in [0.2, 0.25) is 0 Å². The molecule has 1 amide bonds. The summed E-state index contributed by atoms with van der Waals surface area (Å²) in [4.78, 5) is 32.2. The largest absolute Gasteiger partial charge is 0.507 e. The van der Waals surface area contributed by atoms with Crippen molar-refractivity contribution in [3.63, 3.8) is 0 Å². The van der Waals surface area contributed by atoms with E-state index in [2.05, 4.69) is 4.98 Å². The minimum absolute atomic E-state index is 0.00216. The second kappa shape index (κ2) is 11.6. The van der Waals surface area contributed by atoms with Gasteiger partial charge in [0.25, 0.3) is 11.7 Å². The summed E-state index contributed by atoms with van der Waals surface area (Å²) < 4.78 is 16.8. The third kappa shape index (κ3) is 5.43. The minimum Gasteiger partial charge on any atom is -0.507 e. The van der Waals surface area contributed by atoms with Gasteiger partial charge < -0.3 is 24.2 Å². The molecule has 0 saturated carbocycles. The van der Waals surface area contributed by atoms with Crippen LogP contribution in [0.1, 0.15) is 43.0 Å². The molecule has 2 heterocycles. The zero-order valence-corrected chi connectivity index (χ0v) is 21.1. The number of carbonyl (C=O) groups excluding carboxylic acids is 2. The second-order valence-corrected chi connectivity index (χ2v) is 8.50. The number of likely N-dealkylation sites (tertiary alicyclic amines) is 1. The number of nitrogens with zero attached hydrogens (tertiary/aromatic N) is 2. The van der Waals surface area contributed by atoms with Gasteiger partial charge in [0.15, 0.2) is 11.5 Å². The van der Waals surface area contributed by atoms with Gasteiger partial charge in [-0.15, -0.1) is 0 Å². The van der Waals surface area contributed by atoms with Crippen LogP contribution < -0.4 is 14.2 Å². The van der Waals surface area contributed by atoms with Crippen LogP contribution in [0.25, 0.3) is 5.76 Å². The second-order valence-electron chi connectivity index (χ2n) is 8.50. The van der Waals surface area contributed by atoms with Crippen LogP contribution in [0.4, 0.5) is 0 Å². The van der Waals surface area contributed by atoms with Crippen LogP contribution in [0.5, 0.6) is 17.2 Å². The molecule has 0 bridgehead atoms. The van der Waals surface area contributed by atoms with E-state index in [1.165, 1.54) is 12.0 Å². The molecule has 1 unspecified atom stereocenters. The molecule has 0 radical (unpaired) electrons. The quantitative estimate of drug-likeness (QED) is 0.239. The van der Waals surface area contributed by atoms with Gasteiger partial charge in [-0.1, -0.05) is 19.1 Å². The molecule has 8 heteroatoms. The number of carbonyl (C=O) groups is 2. The Labute approximate surface area is 216 Å². The van der Waals surface area contributed by atoms with E-state index >= 15 is 0 Å². The molecule has 1 fully saturated rings. The summed E-state index contributed by atoms with van der Waals surface area (Å²) in [7, 11) is 1.52. The molecule has 1 aliphatic heterocycles. The van der Waals surface area contributed by atoms with Gasteiger partial charge >= 0.3 is 0 Å². The number of hydrogen-bond donors (Lipinski definition) is 1. The van der Waals surface area contributed by atoms with E-state index in [1.54, 1.807) is 60.9 Å². The highest BCUT2D eigenvalue weighted by Crippen LogP contribution is 2.42. The Bertz CT molecular complexity index is 1290. The number of benzene rings is 2. The Kier molecular flexibility index (Phi) is 8.08. The molecule has 4 rings (SSSR count). The monoisotopic (exact) mass is 502 g/mol. The Morgan fingerprint density at radius 3 is 2.46 bits per heavy atom. The zero-order chi connectivity index (χ0) is 26.4. The molecule has 2 aromatic carbocycles. The molecule has 0 spiro atoms. The van der Waals surface area contributed by atoms with E-state index in [4.69, 9.17) is 14.2 Å². The molecule has 1 saturated heterocycles. The van der Waals surface area contributed by atoms with Crippen molar-refractivity contribution >= 4 is 17.4 Å². The lowest BCUT2D eigenvalue weighted by molar-refractivity contribution is -0.140. The fourth-order valence-electron chi connectivity index (χ4n) is 4.29. The number of methoxy groups -OCH3 is 1. The smallest absolute Gasteiger partial charge is 0.295 e. The van der Waals surface area contributed by atoms with Crippen molar-refractivity contribution in [3.8, 4) is 17.2 Å². The van der Waals surface area contributed by atoms with Crippen molar-refractivity contribution in [1.29, 1.82) is 0 Å². The number of ether oxygens (including phenoxy) is 3. The van der Waals surface area contributed by atoms with E-state index in [0.29, 0.717) is 41.6 Å². The maximum atomic E-state index is 13.3. The van der Waals surface area contributed by atoms with Crippen molar-refractivity contribution in [2.24, 2.45) is 0 Å². The normalized spacial score (nSPS) is 16.6. The molecule has 1 atom stereocenters. The van der Waals surface area contributed by atoms with Gasteiger partial charge in [-0.2, -0.15) is 0 Å². The fourth-order valence-corrected chi connectivity index (χ4v) is 4.29. The highest BCUT2D eigenvalue weighted by atomic mass is 16.5. The number of Topliss-reactive ketones (excluding diaryl/α,β-unsaturated/α-hetero) is 1. The van der Waals surface area contributed by atoms with E-state index in [-0.39, 0.29) is 17.9 Å². The summed E-state index contributed by atoms with van der Waals surface area (Å²) >= 11 is 0. The zero-order valence-electron chi connectivity index (χ0n) is 21.1.